The van der Waals surface area contributed by atoms with Gasteiger partial charge >= 0.3 is 5.97 Å². The molecule has 8 heteroatoms. The van der Waals surface area contributed by atoms with Crippen molar-refractivity contribution in [2.24, 2.45) is 5.92 Å². The topological polar surface area (TPSA) is 55.8 Å². The third-order valence-corrected chi connectivity index (χ3v) is 8.15. The number of piperazine rings is 1. The summed E-state index contributed by atoms with van der Waals surface area (Å²) in [5, 5.41) is 14.9. The molecule has 1 saturated carbocycles. The fourth-order valence-corrected chi connectivity index (χ4v) is 6.13. The van der Waals surface area contributed by atoms with Crippen molar-refractivity contribution in [1.82, 2.24) is 4.90 Å². The van der Waals surface area contributed by atoms with E-state index in [9.17, 15) is 9.90 Å². The number of carbonyl (C=O) groups is 1. The molecule has 2 fully saturated rings. The summed E-state index contributed by atoms with van der Waals surface area (Å²) in [5.41, 5.74) is 2.95. The minimum absolute atomic E-state index is 0.0414. The van der Waals surface area contributed by atoms with Gasteiger partial charge in [0.2, 0.25) is 0 Å². The number of nitrogens with one attached hydrogen (secondary N) is 1. The number of anilines is 2. The molecular formula is C26H32Cl3N3O2. The zero-order valence-corrected chi connectivity index (χ0v) is 21.9. The van der Waals surface area contributed by atoms with E-state index in [-0.39, 0.29) is 12.0 Å². The Balaban J connectivity index is 1.44. The van der Waals surface area contributed by atoms with Gasteiger partial charge in [0.15, 0.2) is 0 Å². The third-order valence-electron chi connectivity index (χ3n) is 7.25. The first-order valence-electron chi connectivity index (χ1n) is 12.0. The molecule has 4 rings (SSSR count). The number of halogens is 3. The van der Waals surface area contributed by atoms with E-state index in [1.807, 2.05) is 25.1 Å². The second-order valence-corrected chi connectivity index (χ2v) is 10.8. The summed E-state index contributed by atoms with van der Waals surface area (Å²) >= 11 is 19.0. The molecule has 5 nitrogen and oxygen atoms in total. The van der Waals surface area contributed by atoms with Crippen LogP contribution in [-0.4, -0.2) is 47.7 Å². The number of carboxylic acids is 1. The fourth-order valence-electron chi connectivity index (χ4n) is 5.39. The fraction of sp³-hybridized carbons (Fsp3) is 0.500. The van der Waals surface area contributed by atoms with Gasteiger partial charge in [0.05, 0.1) is 22.7 Å². The molecule has 2 aliphatic rings. The molecular weight excluding hydrogens is 493 g/mol. The summed E-state index contributed by atoms with van der Waals surface area (Å²) in [4.78, 5) is 16.4. The predicted molar refractivity (Wildman–Crippen MR) is 142 cm³/mol. The number of nitrogens with zero attached hydrogens (tertiary/aromatic N) is 2. The summed E-state index contributed by atoms with van der Waals surface area (Å²) in [5.74, 6) is -0.847. The maximum Gasteiger partial charge on any atom is 0.306 e. The lowest BCUT2D eigenvalue weighted by Crippen LogP contribution is -2.56. The number of hydrogen-bond acceptors (Lipinski definition) is 4. The summed E-state index contributed by atoms with van der Waals surface area (Å²) in [6, 6.07) is 12.3. The Bertz CT molecular complexity index is 1030. The maximum atomic E-state index is 11.5. The van der Waals surface area contributed by atoms with Crippen LogP contribution in [0.15, 0.2) is 36.4 Å². The number of hydrogen-bond donors (Lipinski definition) is 2. The quantitative estimate of drug-likeness (QED) is 0.427. The van der Waals surface area contributed by atoms with Gasteiger partial charge < -0.3 is 15.3 Å². The molecule has 34 heavy (non-hydrogen) atoms. The molecule has 0 radical (unpaired) electrons. The Labute approximate surface area is 217 Å². The molecule has 0 bridgehead atoms. The van der Waals surface area contributed by atoms with Crippen LogP contribution in [0.5, 0.6) is 0 Å². The Morgan fingerprint density at radius 3 is 2.59 bits per heavy atom. The molecule has 2 unspecified atom stereocenters. The Kier molecular flexibility index (Phi) is 8.19. The van der Waals surface area contributed by atoms with Gasteiger partial charge in [-0.2, -0.15) is 0 Å². The lowest BCUT2D eigenvalue weighted by Gasteiger charge is -2.46. The van der Waals surface area contributed by atoms with Crippen molar-refractivity contribution in [3.63, 3.8) is 0 Å². The van der Waals surface area contributed by atoms with Gasteiger partial charge in [-0.1, -0.05) is 47.3 Å². The van der Waals surface area contributed by atoms with Crippen LogP contribution >= 0.6 is 34.8 Å². The van der Waals surface area contributed by atoms with Gasteiger partial charge in [0, 0.05) is 47.5 Å². The van der Waals surface area contributed by atoms with Crippen LogP contribution in [0.3, 0.4) is 0 Å². The minimum atomic E-state index is -0.647. The van der Waals surface area contributed by atoms with Gasteiger partial charge in [-0.25, -0.2) is 0 Å². The normalized spacial score (nSPS) is 24.6. The average molecular weight is 525 g/mol. The minimum Gasteiger partial charge on any atom is -0.481 e. The van der Waals surface area contributed by atoms with Crippen LogP contribution in [0, 0.1) is 5.92 Å². The lowest BCUT2D eigenvalue weighted by molar-refractivity contribution is -0.143. The van der Waals surface area contributed by atoms with Crippen molar-refractivity contribution in [3.05, 3.63) is 57.0 Å². The first-order valence-corrected chi connectivity index (χ1v) is 13.1. The van der Waals surface area contributed by atoms with Crippen molar-refractivity contribution < 1.29 is 9.90 Å². The molecule has 4 atom stereocenters. The summed E-state index contributed by atoms with van der Waals surface area (Å²) in [6.07, 6.45) is 3.67. The molecule has 1 heterocycles. The van der Waals surface area contributed by atoms with Crippen molar-refractivity contribution >= 4 is 52.1 Å². The predicted octanol–water partition coefficient (Wildman–Crippen LogP) is 6.97. The molecule has 1 aliphatic carbocycles. The van der Waals surface area contributed by atoms with Crippen LogP contribution in [0.2, 0.25) is 15.1 Å². The van der Waals surface area contributed by atoms with Gasteiger partial charge in [-0.15, -0.1) is 0 Å². The van der Waals surface area contributed by atoms with Gasteiger partial charge in [-0.05, 0) is 69.0 Å². The van der Waals surface area contributed by atoms with Crippen LogP contribution in [-0.2, 0) is 4.79 Å². The highest BCUT2D eigenvalue weighted by molar-refractivity contribution is 6.35. The number of carboxylic acid groups (broad SMARTS) is 1. The van der Waals surface area contributed by atoms with E-state index in [1.54, 1.807) is 6.07 Å². The Morgan fingerprint density at radius 2 is 1.88 bits per heavy atom. The summed E-state index contributed by atoms with van der Waals surface area (Å²) < 4.78 is 0. The van der Waals surface area contributed by atoms with E-state index in [2.05, 4.69) is 34.2 Å². The lowest BCUT2D eigenvalue weighted by atomic mass is 9.84. The van der Waals surface area contributed by atoms with Gasteiger partial charge in [0.25, 0.3) is 0 Å². The van der Waals surface area contributed by atoms with Crippen LogP contribution in [0.1, 0.15) is 51.1 Å². The largest absolute Gasteiger partial charge is 0.481 e. The van der Waals surface area contributed by atoms with E-state index >= 15 is 0 Å². The smallest absolute Gasteiger partial charge is 0.306 e. The van der Waals surface area contributed by atoms with E-state index < -0.39 is 5.97 Å². The van der Waals surface area contributed by atoms with Crippen molar-refractivity contribution in [1.29, 1.82) is 0 Å². The van der Waals surface area contributed by atoms with E-state index in [1.165, 1.54) is 0 Å². The second kappa shape index (κ2) is 10.9. The zero-order valence-electron chi connectivity index (χ0n) is 19.6. The molecule has 2 N–H and O–H groups in total. The van der Waals surface area contributed by atoms with Crippen LogP contribution in [0.4, 0.5) is 11.4 Å². The average Bonchev–Trinajstić information content (AvgIpc) is 2.80. The maximum absolute atomic E-state index is 11.5. The summed E-state index contributed by atoms with van der Waals surface area (Å²) in [7, 11) is 0. The molecule has 2 aromatic rings. The first kappa shape index (κ1) is 25.4. The molecule has 1 saturated heterocycles. The van der Waals surface area contributed by atoms with E-state index in [4.69, 9.17) is 34.8 Å². The van der Waals surface area contributed by atoms with Gasteiger partial charge in [0.1, 0.15) is 0 Å². The van der Waals surface area contributed by atoms with Crippen LogP contribution in [0.25, 0.3) is 0 Å². The van der Waals surface area contributed by atoms with Crippen molar-refractivity contribution in [2.75, 3.05) is 29.9 Å². The molecule has 0 amide bonds. The Morgan fingerprint density at radius 1 is 1.09 bits per heavy atom. The molecule has 184 valence electrons. The third kappa shape index (κ3) is 5.76. The van der Waals surface area contributed by atoms with Crippen LogP contribution < -0.4 is 10.2 Å². The molecule has 0 aromatic heterocycles. The van der Waals surface area contributed by atoms with Crippen molar-refractivity contribution in [3.8, 4) is 0 Å². The zero-order chi connectivity index (χ0) is 24.4. The highest BCUT2D eigenvalue weighted by Gasteiger charge is 2.34. The van der Waals surface area contributed by atoms with E-state index in [0.717, 1.165) is 62.3 Å². The van der Waals surface area contributed by atoms with Gasteiger partial charge in [-0.3, -0.25) is 9.69 Å². The summed E-state index contributed by atoms with van der Waals surface area (Å²) in [6.45, 7) is 7.05. The number of aliphatic carboxylic acids is 1. The number of rotatable bonds is 6. The highest BCUT2D eigenvalue weighted by atomic mass is 35.5. The molecule has 0 spiro atoms. The standard InChI is InChI=1S/C26H32Cl3N3O2/c1-16-15-31(20-5-3-4-18(12-20)26(33)34)10-11-32(16)21-7-9-23(28)25(14-21)30-17(2)22-8-6-19(27)13-24(22)29/h6-9,13-14,16-18,20,30H,3-5,10-12,15H2,1-2H3,(H,33,34)/t16-,17+,18?,20?/m0/s1. The van der Waals surface area contributed by atoms with Crippen molar-refractivity contribution in [2.45, 2.75) is 57.7 Å². The Hall–Kier alpha value is -1.66. The van der Waals surface area contributed by atoms with E-state index in [0.29, 0.717) is 27.2 Å². The number of benzene rings is 2. The highest BCUT2D eigenvalue weighted by Crippen LogP contribution is 2.35. The SMILES string of the molecule is C[C@@H](Nc1cc(N2CCN(C3CCCC(C(=O)O)C3)C[C@@H]2C)ccc1Cl)c1ccc(Cl)cc1Cl. The molecule has 2 aromatic carbocycles. The molecule has 1 aliphatic heterocycles. The monoisotopic (exact) mass is 523 g/mol. The first-order chi connectivity index (χ1) is 16.2. The second-order valence-electron chi connectivity index (χ2n) is 9.59.